The molecule has 1 atom stereocenters. The molecule has 0 fully saturated rings. The molecule has 0 saturated heterocycles. The third-order valence-electron chi connectivity index (χ3n) is 3.34. The molecule has 2 rings (SSSR count). The number of aryl methyl sites for hydroxylation is 1. The van der Waals surface area contributed by atoms with Gasteiger partial charge < -0.3 is 10.1 Å². The third-order valence-corrected chi connectivity index (χ3v) is 3.34. The van der Waals surface area contributed by atoms with E-state index in [0.29, 0.717) is 13.0 Å². The largest absolute Gasteiger partial charge is 0.496 e. The fraction of sp³-hybridized carbons (Fsp3) is 0.375. The minimum atomic E-state index is 0.00144. The second-order valence-electron chi connectivity index (χ2n) is 5.08. The van der Waals surface area contributed by atoms with E-state index in [1.54, 1.807) is 7.11 Å². The van der Waals surface area contributed by atoms with Crippen LogP contribution in [0.1, 0.15) is 30.6 Å². The topological polar surface area (TPSA) is 56.1 Å². The zero-order valence-electron chi connectivity index (χ0n) is 12.7. The van der Waals surface area contributed by atoms with Gasteiger partial charge >= 0.3 is 0 Å². The molecule has 0 aliphatic carbocycles. The zero-order chi connectivity index (χ0) is 15.2. The molecule has 1 aromatic carbocycles. The zero-order valence-corrected chi connectivity index (χ0v) is 12.7. The second kappa shape index (κ2) is 6.92. The third kappa shape index (κ3) is 4.08. The van der Waals surface area contributed by atoms with Crippen LogP contribution in [0.3, 0.4) is 0 Å². The van der Waals surface area contributed by atoms with Gasteiger partial charge in [-0.1, -0.05) is 18.2 Å². The standard InChI is InChI=1S/C16H21N3O2/c1-12-8-9-19(18-12)13(2)10-16(20)17-11-14-6-4-5-7-15(14)21-3/h4-9,13H,10-11H2,1-3H3,(H,17,20)/t13-/m1/s1. The molecule has 1 heterocycles. The summed E-state index contributed by atoms with van der Waals surface area (Å²) in [6.45, 7) is 4.38. The summed E-state index contributed by atoms with van der Waals surface area (Å²) in [6, 6.07) is 9.64. The Morgan fingerprint density at radius 2 is 2.14 bits per heavy atom. The number of aromatic nitrogens is 2. The monoisotopic (exact) mass is 287 g/mol. The summed E-state index contributed by atoms with van der Waals surface area (Å²) >= 11 is 0. The Morgan fingerprint density at radius 1 is 1.38 bits per heavy atom. The van der Waals surface area contributed by atoms with Crippen molar-refractivity contribution in [3.8, 4) is 5.75 Å². The Labute approximate surface area is 124 Å². The molecule has 0 spiro atoms. The average molecular weight is 287 g/mol. The number of ether oxygens (including phenoxy) is 1. The highest BCUT2D eigenvalue weighted by Gasteiger charge is 2.12. The van der Waals surface area contributed by atoms with E-state index in [0.717, 1.165) is 17.0 Å². The Hall–Kier alpha value is -2.30. The highest BCUT2D eigenvalue weighted by atomic mass is 16.5. The number of nitrogens with one attached hydrogen (secondary N) is 1. The first-order valence-electron chi connectivity index (χ1n) is 7.00. The maximum atomic E-state index is 12.0. The number of methoxy groups -OCH3 is 1. The van der Waals surface area contributed by atoms with Crippen LogP contribution in [0.25, 0.3) is 0 Å². The molecule has 0 aliphatic rings. The van der Waals surface area contributed by atoms with Crippen molar-refractivity contribution in [1.29, 1.82) is 0 Å². The van der Waals surface area contributed by atoms with Gasteiger partial charge in [-0.05, 0) is 26.0 Å². The van der Waals surface area contributed by atoms with E-state index >= 15 is 0 Å². The van der Waals surface area contributed by atoms with Gasteiger partial charge in [0.2, 0.25) is 5.91 Å². The SMILES string of the molecule is COc1ccccc1CNC(=O)C[C@@H](C)n1ccc(C)n1. The first-order chi connectivity index (χ1) is 10.1. The van der Waals surface area contributed by atoms with Crippen molar-refractivity contribution < 1.29 is 9.53 Å². The molecule has 1 N–H and O–H groups in total. The highest BCUT2D eigenvalue weighted by Crippen LogP contribution is 2.17. The van der Waals surface area contributed by atoms with E-state index in [1.165, 1.54) is 0 Å². The maximum absolute atomic E-state index is 12.0. The van der Waals surface area contributed by atoms with Crippen LogP contribution >= 0.6 is 0 Å². The van der Waals surface area contributed by atoms with Crippen molar-refractivity contribution >= 4 is 5.91 Å². The van der Waals surface area contributed by atoms with Crippen LogP contribution in [0, 0.1) is 6.92 Å². The van der Waals surface area contributed by atoms with Gasteiger partial charge in [-0.3, -0.25) is 9.48 Å². The van der Waals surface area contributed by atoms with Crippen molar-refractivity contribution in [1.82, 2.24) is 15.1 Å². The molecule has 0 unspecified atom stereocenters. The Kier molecular flexibility index (Phi) is 4.98. The quantitative estimate of drug-likeness (QED) is 0.888. The van der Waals surface area contributed by atoms with Gasteiger partial charge in [0.05, 0.1) is 18.8 Å². The molecule has 112 valence electrons. The molecule has 5 nitrogen and oxygen atoms in total. The molecule has 5 heteroatoms. The first kappa shape index (κ1) is 15.1. The number of hydrogen-bond acceptors (Lipinski definition) is 3. The second-order valence-corrected chi connectivity index (χ2v) is 5.08. The Balaban J connectivity index is 1.87. The lowest BCUT2D eigenvalue weighted by Gasteiger charge is -2.13. The summed E-state index contributed by atoms with van der Waals surface area (Å²) in [5.41, 5.74) is 1.92. The van der Waals surface area contributed by atoms with Crippen molar-refractivity contribution in [2.45, 2.75) is 32.9 Å². The van der Waals surface area contributed by atoms with Crippen LogP contribution in [0.15, 0.2) is 36.5 Å². The van der Waals surface area contributed by atoms with Crippen molar-refractivity contribution in [3.63, 3.8) is 0 Å². The van der Waals surface area contributed by atoms with Gasteiger partial charge in [-0.25, -0.2) is 0 Å². The van der Waals surface area contributed by atoms with E-state index in [4.69, 9.17) is 4.74 Å². The fourth-order valence-electron chi connectivity index (χ4n) is 2.16. The van der Waals surface area contributed by atoms with Crippen LogP contribution < -0.4 is 10.1 Å². The van der Waals surface area contributed by atoms with Crippen molar-refractivity contribution in [2.75, 3.05) is 7.11 Å². The number of benzene rings is 1. The molecule has 0 radical (unpaired) electrons. The van der Waals surface area contributed by atoms with E-state index in [9.17, 15) is 4.79 Å². The lowest BCUT2D eigenvalue weighted by molar-refractivity contribution is -0.122. The summed E-state index contributed by atoms with van der Waals surface area (Å²) in [6.07, 6.45) is 2.30. The molecule has 1 aromatic heterocycles. The Morgan fingerprint density at radius 3 is 2.81 bits per heavy atom. The summed E-state index contributed by atoms with van der Waals surface area (Å²) in [4.78, 5) is 12.0. The summed E-state index contributed by atoms with van der Waals surface area (Å²) < 4.78 is 7.08. The molecule has 21 heavy (non-hydrogen) atoms. The summed E-state index contributed by atoms with van der Waals surface area (Å²) in [5, 5.41) is 7.25. The normalized spacial score (nSPS) is 12.0. The fourth-order valence-corrected chi connectivity index (χ4v) is 2.16. The minimum absolute atomic E-state index is 0.00144. The van der Waals surface area contributed by atoms with Crippen LogP contribution in [0.2, 0.25) is 0 Å². The number of amides is 1. The van der Waals surface area contributed by atoms with Crippen LogP contribution in [0.4, 0.5) is 0 Å². The lowest BCUT2D eigenvalue weighted by Crippen LogP contribution is -2.25. The number of carbonyl (C=O) groups excluding carboxylic acids is 1. The number of para-hydroxylation sites is 1. The first-order valence-corrected chi connectivity index (χ1v) is 7.00. The molecule has 2 aromatic rings. The molecule has 0 aliphatic heterocycles. The summed E-state index contributed by atoms with van der Waals surface area (Å²) in [7, 11) is 1.63. The lowest BCUT2D eigenvalue weighted by atomic mass is 10.2. The van der Waals surface area contributed by atoms with Crippen LogP contribution in [-0.2, 0) is 11.3 Å². The molecule has 0 saturated carbocycles. The van der Waals surface area contributed by atoms with E-state index < -0.39 is 0 Å². The van der Waals surface area contributed by atoms with Gasteiger partial charge in [0.1, 0.15) is 5.75 Å². The van der Waals surface area contributed by atoms with Gasteiger partial charge in [-0.2, -0.15) is 5.10 Å². The van der Waals surface area contributed by atoms with E-state index in [2.05, 4.69) is 10.4 Å². The molecule has 0 bridgehead atoms. The van der Waals surface area contributed by atoms with Crippen molar-refractivity contribution in [3.05, 3.63) is 47.8 Å². The maximum Gasteiger partial charge on any atom is 0.222 e. The number of nitrogens with zero attached hydrogens (tertiary/aromatic N) is 2. The number of rotatable bonds is 6. The van der Waals surface area contributed by atoms with Gasteiger partial charge in [0, 0.05) is 24.7 Å². The van der Waals surface area contributed by atoms with Gasteiger partial charge in [0.25, 0.3) is 0 Å². The molecular formula is C16H21N3O2. The predicted molar refractivity (Wildman–Crippen MR) is 81.1 cm³/mol. The molecular weight excluding hydrogens is 266 g/mol. The highest BCUT2D eigenvalue weighted by molar-refractivity contribution is 5.76. The van der Waals surface area contributed by atoms with Crippen LogP contribution in [-0.4, -0.2) is 22.8 Å². The minimum Gasteiger partial charge on any atom is -0.496 e. The summed E-state index contributed by atoms with van der Waals surface area (Å²) in [5.74, 6) is 0.787. The predicted octanol–water partition coefficient (Wildman–Crippen LogP) is 2.47. The Bertz CT molecular complexity index is 607. The van der Waals surface area contributed by atoms with E-state index in [-0.39, 0.29) is 11.9 Å². The smallest absolute Gasteiger partial charge is 0.222 e. The average Bonchev–Trinajstić information content (AvgIpc) is 2.92. The number of hydrogen-bond donors (Lipinski definition) is 1. The van der Waals surface area contributed by atoms with Gasteiger partial charge in [0.15, 0.2) is 0 Å². The van der Waals surface area contributed by atoms with E-state index in [1.807, 2.05) is 55.1 Å². The number of carbonyl (C=O) groups is 1. The van der Waals surface area contributed by atoms with Crippen molar-refractivity contribution in [2.24, 2.45) is 0 Å². The molecule has 1 amide bonds. The van der Waals surface area contributed by atoms with Crippen LogP contribution in [0.5, 0.6) is 5.75 Å². The van der Waals surface area contributed by atoms with Gasteiger partial charge in [-0.15, -0.1) is 0 Å².